The molecule has 6 heteroatoms. The molecule has 9 aromatic rings. The van der Waals surface area contributed by atoms with Crippen LogP contribution in [0, 0.1) is 23.7 Å². The Hall–Kier alpha value is -6.31. The fraction of sp³-hybridized carbons (Fsp3) is 0.402. The maximum Gasteiger partial charge on any atom is 0.137 e. The number of thioether (sulfide) groups is 3. The van der Waals surface area contributed by atoms with Crippen molar-refractivity contribution in [2.24, 2.45) is 23.7 Å². The van der Waals surface area contributed by atoms with Crippen molar-refractivity contribution in [1.29, 1.82) is 0 Å². The van der Waals surface area contributed by atoms with E-state index in [-0.39, 0.29) is 7.43 Å². The average Bonchev–Trinajstić information content (AvgIpc) is 1.73. The van der Waals surface area contributed by atoms with Gasteiger partial charge in [0.1, 0.15) is 23.7 Å². The molecule has 0 saturated heterocycles. The number of rotatable bonds is 6. The average molecular weight is 1300 g/mol. The summed E-state index contributed by atoms with van der Waals surface area (Å²) >= 11 is 5.87. The lowest BCUT2D eigenvalue weighted by molar-refractivity contribution is 0.310. The van der Waals surface area contributed by atoms with Gasteiger partial charge in [-0.1, -0.05) is 290 Å². The van der Waals surface area contributed by atoms with Gasteiger partial charge in [-0.25, -0.2) is 0 Å². The standard InChI is InChI=1S/C21H24OS.C20H20OS.C19H18OS.C16H18.5C2H6.CH4/c1-14(2)19-17-8-3-4-9-18(17)23-13-16-11-10-15-7-5-6-12-22-21(15)20(16)19;1-13(2)18-16-7-3-4-8-17(16)22-12-15-10-9-14-6-5-11-21-20(14)19(15)18;1-12(2)17-15-5-3-4-6-16(15)21-11-14-8-7-13-9-10-20-19(13)18(14)17;1-13(2)16(14-9-5-3-6-10-14)15-11-7-4-8-12-15;5*1-2;/h3-4,8-11,14,19H,5-7,12-13H2,1-2H3;3-10,13,18H,11-12H2,1-2H3;3-10,12,17H,11H2,1-2H3;3-13,16H,1-2H3;5*1-2H3;1H4. The molecule has 0 saturated carbocycles. The summed E-state index contributed by atoms with van der Waals surface area (Å²) in [5.41, 5.74) is 19.5. The Morgan fingerprint density at radius 2 is 0.806 bits per heavy atom. The lowest BCUT2D eigenvalue weighted by Crippen LogP contribution is -2.14. The summed E-state index contributed by atoms with van der Waals surface area (Å²) in [6.07, 6.45) is 9.66. The molecule has 0 spiro atoms. The van der Waals surface area contributed by atoms with E-state index in [0.29, 0.717) is 54.0 Å². The van der Waals surface area contributed by atoms with Crippen LogP contribution < -0.4 is 9.47 Å². The first-order chi connectivity index (χ1) is 45.0. The minimum absolute atomic E-state index is 0. The Bertz CT molecular complexity index is 3590. The lowest BCUT2D eigenvalue weighted by Gasteiger charge is -2.28. The van der Waals surface area contributed by atoms with Gasteiger partial charge in [-0.3, -0.25) is 0 Å². The Labute approximate surface area is 578 Å². The summed E-state index contributed by atoms with van der Waals surface area (Å²) < 4.78 is 18.2. The summed E-state index contributed by atoms with van der Waals surface area (Å²) in [4.78, 5) is 4.26. The summed E-state index contributed by atoms with van der Waals surface area (Å²) in [6, 6.07) is 63.8. The van der Waals surface area contributed by atoms with Crippen molar-refractivity contribution in [1.82, 2.24) is 0 Å². The highest BCUT2D eigenvalue weighted by Gasteiger charge is 2.34. The van der Waals surface area contributed by atoms with Crippen LogP contribution >= 0.6 is 35.3 Å². The monoisotopic (exact) mass is 1300 g/mol. The Kier molecular flexibility index (Phi) is 33.4. The Morgan fingerprint density at radius 3 is 1.28 bits per heavy atom. The van der Waals surface area contributed by atoms with E-state index in [1.807, 2.05) is 111 Å². The number of fused-ring (bicyclic) bond motifs is 12. The molecule has 3 nitrogen and oxygen atoms in total. The Balaban J connectivity index is 0.000000215. The van der Waals surface area contributed by atoms with Gasteiger partial charge in [-0.2, -0.15) is 0 Å². The van der Waals surface area contributed by atoms with Crippen molar-refractivity contribution < 1.29 is 13.9 Å². The molecule has 5 aliphatic heterocycles. The second-order valence-electron chi connectivity index (χ2n) is 23.9. The van der Waals surface area contributed by atoms with Crippen LogP contribution in [0.15, 0.2) is 207 Å². The van der Waals surface area contributed by atoms with Crippen LogP contribution in [0.2, 0.25) is 0 Å². The van der Waals surface area contributed by atoms with E-state index in [4.69, 9.17) is 13.9 Å². The van der Waals surface area contributed by atoms with E-state index in [0.717, 1.165) is 41.6 Å². The third kappa shape index (κ3) is 19.0. The van der Waals surface area contributed by atoms with Gasteiger partial charge in [0.05, 0.1) is 12.9 Å². The van der Waals surface area contributed by atoms with Gasteiger partial charge < -0.3 is 13.9 Å². The van der Waals surface area contributed by atoms with Crippen LogP contribution in [0.25, 0.3) is 17.0 Å². The van der Waals surface area contributed by atoms with Crippen LogP contribution in [-0.4, -0.2) is 13.2 Å². The lowest BCUT2D eigenvalue weighted by atomic mass is 9.79. The number of furan rings is 1. The quantitative estimate of drug-likeness (QED) is 0.165. The molecular formula is C87H114O3S3. The minimum Gasteiger partial charge on any atom is -0.493 e. The molecule has 498 valence electrons. The Morgan fingerprint density at radius 1 is 0.398 bits per heavy atom. The van der Waals surface area contributed by atoms with Crippen LogP contribution in [0.4, 0.5) is 0 Å². The maximum atomic E-state index is 6.29. The van der Waals surface area contributed by atoms with Crippen molar-refractivity contribution in [2.75, 3.05) is 13.2 Å². The number of hydrogen-bond donors (Lipinski definition) is 0. The van der Waals surface area contributed by atoms with Crippen molar-refractivity contribution in [3.05, 3.63) is 261 Å². The van der Waals surface area contributed by atoms with Gasteiger partial charge in [0.15, 0.2) is 0 Å². The summed E-state index contributed by atoms with van der Waals surface area (Å²) in [6.45, 7) is 40.1. The largest absolute Gasteiger partial charge is 0.493 e. The topological polar surface area (TPSA) is 31.6 Å². The van der Waals surface area contributed by atoms with Crippen molar-refractivity contribution in [2.45, 2.75) is 207 Å². The second-order valence-corrected chi connectivity index (χ2v) is 26.9. The molecule has 8 aromatic carbocycles. The first-order valence-electron chi connectivity index (χ1n) is 35.0. The predicted octanol–water partition coefficient (Wildman–Crippen LogP) is 27.3. The smallest absolute Gasteiger partial charge is 0.137 e. The number of aryl methyl sites for hydroxylation is 1. The molecule has 0 bridgehead atoms. The zero-order chi connectivity index (χ0) is 66.7. The molecule has 3 atom stereocenters. The van der Waals surface area contributed by atoms with Crippen molar-refractivity contribution in [3.8, 4) is 11.5 Å². The molecular weight excluding hydrogens is 1190 g/mol. The molecule has 5 aliphatic rings. The fourth-order valence-electron chi connectivity index (χ4n) is 13.3. The van der Waals surface area contributed by atoms with Gasteiger partial charge in [-0.15, -0.1) is 35.3 Å². The molecule has 0 radical (unpaired) electrons. The number of ether oxygens (including phenoxy) is 2. The normalized spacial score (nSPS) is 15.6. The molecule has 6 heterocycles. The van der Waals surface area contributed by atoms with Gasteiger partial charge in [0, 0.05) is 83.3 Å². The van der Waals surface area contributed by atoms with Crippen LogP contribution in [0.5, 0.6) is 11.5 Å². The summed E-state index contributed by atoms with van der Waals surface area (Å²) in [7, 11) is 0. The first-order valence-corrected chi connectivity index (χ1v) is 38.0. The second kappa shape index (κ2) is 40.2. The first kappa shape index (κ1) is 77.4. The van der Waals surface area contributed by atoms with Gasteiger partial charge in [-0.05, 0) is 123 Å². The third-order valence-electron chi connectivity index (χ3n) is 17.0. The van der Waals surface area contributed by atoms with Gasteiger partial charge >= 0.3 is 0 Å². The third-order valence-corrected chi connectivity index (χ3v) is 20.4. The van der Waals surface area contributed by atoms with Crippen molar-refractivity contribution in [3.63, 3.8) is 0 Å². The number of benzene rings is 8. The molecule has 14 rings (SSSR count). The maximum absolute atomic E-state index is 6.29. The highest BCUT2D eigenvalue weighted by molar-refractivity contribution is 7.99. The SMILES string of the molecule is C.CC.CC.CC.CC.CC.CC(C)C(c1ccccc1)c1ccccc1.CC(C)C1c2ccccc2SCc2ccc3c(c21)OCC=C3.CC(C)C1c2ccccc2SCc2ccc3c(c21)OCCCC3.CC(C)C1c2ccccc2SCc2ccc3ccoc3c21. The zero-order valence-electron chi connectivity index (χ0n) is 59.2. The molecule has 1 aromatic heterocycles. The van der Waals surface area contributed by atoms with Crippen LogP contribution in [-0.2, 0) is 23.7 Å². The molecule has 0 aliphatic carbocycles. The highest BCUT2D eigenvalue weighted by atomic mass is 32.2. The van der Waals surface area contributed by atoms with E-state index in [1.165, 1.54) is 111 Å². The van der Waals surface area contributed by atoms with Crippen molar-refractivity contribution >= 4 is 52.3 Å². The highest BCUT2D eigenvalue weighted by Crippen LogP contribution is 2.52. The summed E-state index contributed by atoms with van der Waals surface area (Å²) in [5, 5.41) is 1.21. The van der Waals surface area contributed by atoms with Gasteiger partial charge in [0.25, 0.3) is 0 Å². The molecule has 0 N–H and O–H groups in total. The predicted molar refractivity (Wildman–Crippen MR) is 413 cm³/mol. The van der Waals surface area contributed by atoms with E-state index in [1.54, 1.807) is 0 Å². The number of hydrogen-bond acceptors (Lipinski definition) is 6. The fourth-order valence-corrected chi connectivity index (χ4v) is 16.6. The van der Waals surface area contributed by atoms with Crippen LogP contribution in [0.3, 0.4) is 0 Å². The van der Waals surface area contributed by atoms with E-state index in [2.05, 4.69) is 243 Å². The summed E-state index contributed by atoms with van der Waals surface area (Å²) in [5.74, 6) is 9.41. The van der Waals surface area contributed by atoms with E-state index in [9.17, 15) is 0 Å². The molecule has 0 amide bonds. The van der Waals surface area contributed by atoms with Gasteiger partial charge in [0.2, 0.25) is 0 Å². The molecule has 0 fully saturated rings. The van der Waals surface area contributed by atoms with E-state index >= 15 is 0 Å². The van der Waals surface area contributed by atoms with E-state index < -0.39 is 0 Å². The molecule has 93 heavy (non-hydrogen) atoms. The molecule has 3 unspecified atom stereocenters. The minimum atomic E-state index is 0. The van der Waals surface area contributed by atoms with Crippen LogP contribution in [0.1, 0.15) is 241 Å². The zero-order valence-corrected chi connectivity index (χ0v) is 61.6.